The van der Waals surface area contributed by atoms with E-state index in [1.807, 2.05) is 32.0 Å². The molecule has 166 valence electrons. The van der Waals surface area contributed by atoms with Crippen LogP contribution in [0, 0.1) is 5.82 Å². The molecule has 2 aliphatic rings. The number of amides is 1. The summed E-state index contributed by atoms with van der Waals surface area (Å²) in [6.07, 6.45) is 1.53. The molecule has 1 aromatic carbocycles. The van der Waals surface area contributed by atoms with Gasteiger partial charge in [-0.15, -0.1) is 0 Å². The number of guanidine groups is 1. The highest BCUT2D eigenvalue weighted by atomic mass is 19.1. The maximum Gasteiger partial charge on any atom is 0.251 e. The van der Waals surface area contributed by atoms with Gasteiger partial charge in [0.25, 0.3) is 5.91 Å². The topological polar surface area (TPSA) is 60.4 Å². The molecular formula is C22H34FN5O2. The van der Waals surface area contributed by atoms with Crippen molar-refractivity contribution in [1.29, 1.82) is 0 Å². The normalized spacial score (nSPS) is 21.2. The van der Waals surface area contributed by atoms with Crippen molar-refractivity contribution >= 4 is 11.9 Å². The number of rotatable bonds is 6. The summed E-state index contributed by atoms with van der Waals surface area (Å²) in [6, 6.07) is 6.69. The summed E-state index contributed by atoms with van der Waals surface area (Å²) in [5.41, 5.74) is 0.909. The smallest absolute Gasteiger partial charge is 0.251 e. The largest absolute Gasteiger partial charge is 0.368 e. The molecule has 0 spiro atoms. The van der Waals surface area contributed by atoms with Crippen LogP contribution < -0.4 is 5.32 Å². The average Bonchev–Trinajstić information content (AvgIpc) is 3.27. The number of hydrogen-bond acceptors (Lipinski definition) is 4. The summed E-state index contributed by atoms with van der Waals surface area (Å²) in [4.78, 5) is 23.6. The van der Waals surface area contributed by atoms with Gasteiger partial charge in [0.2, 0.25) is 0 Å². The molecule has 1 amide bonds. The van der Waals surface area contributed by atoms with Crippen LogP contribution in [0.5, 0.6) is 0 Å². The number of nitrogens with zero attached hydrogens (tertiary/aromatic N) is 4. The molecule has 2 unspecified atom stereocenters. The van der Waals surface area contributed by atoms with Crippen molar-refractivity contribution in [2.24, 2.45) is 4.99 Å². The fourth-order valence-electron chi connectivity index (χ4n) is 3.99. The Balaban J connectivity index is 1.63. The molecule has 3 rings (SSSR count). The highest BCUT2D eigenvalue weighted by molar-refractivity contribution is 5.82. The molecule has 1 N–H and O–H groups in total. The maximum atomic E-state index is 13.7. The van der Waals surface area contributed by atoms with Gasteiger partial charge in [-0.3, -0.25) is 9.79 Å². The van der Waals surface area contributed by atoms with Crippen molar-refractivity contribution in [2.75, 3.05) is 60.0 Å². The lowest BCUT2D eigenvalue weighted by molar-refractivity contribution is -0.142. The zero-order chi connectivity index (χ0) is 21.5. The second kappa shape index (κ2) is 10.7. The summed E-state index contributed by atoms with van der Waals surface area (Å²) in [7, 11) is 3.96. The second-order valence-electron chi connectivity index (χ2n) is 8.04. The van der Waals surface area contributed by atoms with Crippen molar-refractivity contribution in [3.8, 4) is 0 Å². The van der Waals surface area contributed by atoms with Gasteiger partial charge in [-0.1, -0.05) is 12.1 Å². The van der Waals surface area contributed by atoms with Gasteiger partial charge >= 0.3 is 0 Å². The van der Waals surface area contributed by atoms with Crippen LogP contribution in [0.1, 0.15) is 31.4 Å². The summed E-state index contributed by atoms with van der Waals surface area (Å²) < 4.78 is 19.2. The van der Waals surface area contributed by atoms with E-state index < -0.39 is 0 Å². The van der Waals surface area contributed by atoms with Crippen molar-refractivity contribution < 1.29 is 13.9 Å². The molecule has 7 nitrogen and oxygen atoms in total. The molecule has 0 aromatic heterocycles. The minimum absolute atomic E-state index is 0.0169. The van der Waals surface area contributed by atoms with Crippen molar-refractivity contribution in [3.63, 3.8) is 0 Å². The molecule has 2 saturated heterocycles. The van der Waals surface area contributed by atoms with Crippen LogP contribution in [-0.4, -0.2) is 92.6 Å². The van der Waals surface area contributed by atoms with Crippen molar-refractivity contribution in [2.45, 2.75) is 31.9 Å². The Hall–Kier alpha value is -2.19. The molecule has 30 heavy (non-hydrogen) atoms. The monoisotopic (exact) mass is 419 g/mol. The molecule has 2 atom stereocenters. The predicted molar refractivity (Wildman–Crippen MR) is 116 cm³/mol. The summed E-state index contributed by atoms with van der Waals surface area (Å²) in [6.45, 7) is 6.82. The fourth-order valence-corrected chi connectivity index (χ4v) is 3.99. The number of benzene rings is 1. The number of nitrogens with one attached hydrogen (secondary N) is 1. The van der Waals surface area contributed by atoms with E-state index >= 15 is 0 Å². The zero-order valence-corrected chi connectivity index (χ0v) is 18.3. The van der Waals surface area contributed by atoms with Crippen LogP contribution in [0.3, 0.4) is 0 Å². The number of carbonyl (C=O) groups excluding carboxylic acids is 1. The van der Waals surface area contributed by atoms with Crippen molar-refractivity contribution in [3.05, 3.63) is 35.6 Å². The lowest BCUT2D eigenvalue weighted by atomic mass is 10.1. The molecule has 1 aromatic rings. The van der Waals surface area contributed by atoms with Gasteiger partial charge in [-0.2, -0.15) is 0 Å². The first-order valence-corrected chi connectivity index (χ1v) is 10.8. The van der Waals surface area contributed by atoms with Gasteiger partial charge in [-0.25, -0.2) is 4.39 Å². The van der Waals surface area contributed by atoms with E-state index in [1.54, 1.807) is 12.1 Å². The van der Waals surface area contributed by atoms with E-state index in [0.29, 0.717) is 26.2 Å². The third-order valence-electron chi connectivity index (χ3n) is 5.70. The van der Waals surface area contributed by atoms with E-state index in [0.717, 1.165) is 44.0 Å². The van der Waals surface area contributed by atoms with Crippen LogP contribution in [0.2, 0.25) is 0 Å². The lowest BCUT2D eigenvalue weighted by Gasteiger charge is -2.37. The van der Waals surface area contributed by atoms with E-state index in [1.165, 1.54) is 6.07 Å². The summed E-state index contributed by atoms with van der Waals surface area (Å²) in [5.74, 6) is 0.722. The number of halogens is 1. The van der Waals surface area contributed by atoms with Gasteiger partial charge < -0.3 is 24.8 Å². The van der Waals surface area contributed by atoms with Gasteiger partial charge in [0.1, 0.15) is 11.9 Å². The minimum atomic E-state index is -0.259. The number of carbonyl (C=O) groups is 1. The number of hydrogen-bond donors (Lipinski definition) is 1. The van der Waals surface area contributed by atoms with Gasteiger partial charge in [0, 0.05) is 39.3 Å². The first-order valence-electron chi connectivity index (χ1n) is 10.8. The lowest BCUT2D eigenvalue weighted by Crippen LogP contribution is -2.55. The average molecular weight is 420 g/mol. The molecule has 0 radical (unpaired) electrons. The number of aliphatic imine (C=N–C) groups is 1. The first kappa shape index (κ1) is 22.5. The Kier molecular flexibility index (Phi) is 8.04. The van der Waals surface area contributed by atoms with E-state index in [9.17, 15) is 9.18 Å². The van der Waals surface area contributed by atoms with Crippen LogP contribution >= 0.6 is 0 Å². The Bertz CT molecular complexity index is 728. The summed E-state index contributed by atoms with van der Waals surface area (Å²) >= 11 is 0. The standard InChI is InChI=1S/C22H34FN5O2/c1-4-24-22(25-16-19(26(2)3)17-7-5-8-18(23)15-17)28-12-10-27(11-13-28)21(29)20-9-6-14-30-20/h5,7-8,15,19-20H,4,6,9-14,16H2,1-3H3,(H,24,25). The van der Waals surface area contributed by atoms with E-state index in [-0.39, 0.29) is 23.9 Å². The molecule has 2 heterocycles. The predicted octanol–water partition coefficient (Wildman–Crippen LogP) is 1.72. The van der Waals surface area contributed by atoms with Crippen LogP contribution in [0.15, 0.2) is 29.3 Å². The summed E-state index contributed by atoms with van der Waals surface area (Å²) in [5, 5.41) is 3.36. The third-order valence-corrected chi connectivity index (χ3v) is 5.70. The maximum absolute atomic E-state index is 13.7. The minimum Gasteiger partial charge on any atom is -0.368 e. The quantitative estimate of drug-likeness (QED) is 0.562. The fraction of sp³-hybridized carbons (Fsp3) is 0.636. The van der Waals surface area contributed by atoms with Crippen LogP contribution in [-0.2, 0) is 9.53 Å². The molecule has 8 heteroatoms. The molecule has 2 fully saturated rings. The zero-order valence-electron chi connectivity index (χ0n) is 18.3. The molecule has 2 aliphatic heterocycles. The highest BCUT2D eigenvalue weighted by Gasteiger charge is 2.31. The SMILES string of the molecule is CCNC(=NCC(c1cccc(F)c1)N(C)C)N1CCN(C(=O)C2CCCO2)CC1. The Morgan fingerprint density at radius 2 is 2.03 bits per heavy atom. The molecular weight excluding hydrogens is 385 g/mol. The Morgan fingerprint density at radius 1 is 1.30 bits per heavy atom. The second-order valence-corrected chi connectivity index (χ2v) is 8.04. The van der Waals surface area contributed by atoms with Crippen molar-refractivity contribution in [1.82, 2.24) is 20.0 Å². The van der Waals surface area contributed by atoms with Gasteiger partial charge in [-0.05, 0) is 51.6 Å². The molecule has 0 bridgehead atoms. The number of piperazine rings is 1. The Labute approximate surface area is 178 Å². The highest BCUT2D eigenvalue weighted by Crippen LogP contribution is 2.20. The molecule has 0 aliphatic carbocycles. The van der Waals surface area contributed by atoms with Gasteiger partial charge in [0.15, 0.2) is 5.96 Å². The van der Waals surface area contributed by atoms with E-state index in [2.05, 4.69) is 15.1 Å². The van der Waals surface area contributed by atoms with E-state index in [4.69, 9.17) is 9.73 Å². The van der Waals surface area contributed by atoms with Crippen LogP contribution in [0.4, 0.5) is 4.39 Å². The third kappa shape index (κ3) is 5.70. The number of likely N-dealkylation sites (N-methyl/N-ethyl adjacent to an activating group) is 1. The van der Waals surface area contributed by atoms with Crippen LogP contribution in [0.25, 0.3) is 0 Å². The first-order chi connectivity index (χ1) is 14.5. The Morgan fingerprint density at radius 3 is 2.63 bits per heavy atom. The molecule has 0 saturated carbocycles. The van der Waals surface area contributed by atoms with Gasteiger partial charge in [0.05, 0.1) is 12.6 Å². The number of ether oxygens (including phenoxy) is 1.